The molecule has 3 rings (SSSR count). The highest BCUT2D eigenvalue weighted by molar-refractivity contribution is 5.97. The molecule has 1 N–H and O–H groups in total. The van der Waals surface area contributed by atoms with Gasteiger partial charge in [-0.3, -0.25) is 14.5 Å². The van der Waals surface area contributed by atoms with Crippen molar-refractivity contribution in [1.29, 1.82) is 0 Å². The van der Waals surface area contributed by atoms with Crippen LogP contribution in [0.25, 0.3) is 0 Å². The van der Waals surface area contributed by atoms with E-state index >= 15 is 0 Å². The monoisotopic (exact) mass is 523 g/mol. The number of anilines is 1. The Labute approximate surface area is 228 Å². The molecular formula is C32H46FN3O2. The lowest BCUT2D eigenvalue weighted by Crippen LogP contribution is -2.37. The molecule has 1 aliphatic heterocycles. The number of benzene rings is 2. The molecule has 0 aromatic heterocycles. The molecule has 0 atom stereocenters. The number of rotatable bonds is 7. The van der Waals surface area contributed by atoms with E-state index in [2.05, 4.69) is 24.1 Å². The minimum absolute atomic E-state index is 0.0334. The molecule has 1 aliphatic rings. The molecule has 208 valence electrons. The fourth-order valence-corrected chi connectivity index (χ4v) is 5.07. The highest BCUT2D eigenvalue weighted by Gasteiger charge is 2.24. The zero-order valence-electron chi connectivity index (χ0n) is 24.0. The van der Waals surface area contributed by atoms with Gasteiger partial charge in [-0.05, 0) is 79.7 Å². The molecule has 38 heavy (non-hydrogen) atoms. The molecule has 5 nitrogen and oxygen atoms in total. The van der Waals surface area contributed by atoms with Crippen molar-refractivity contribution in [2.75, 3.05) is 31.1 Å². The quantitative estimate of drug-likeness (QED) is 0.439. The van der Waals surface area contributed by atoms with Crippen LogP contribution in [0.5, 0.6) is 0 Å². The van der Waals surface area contributed by atoms with Gasteiger partial charge in [0.1, 0.15) is 5.82 Å². The van der Waals surface area contributed by atoms with Crippen LogP contribution in [0, 0.1) is 11.7 Å². The van der Waals surface area contributed by atoms with Crippen LogP contribution >= 0.6 is 0 Å². The number of nitrogens with one attached hydrogen (secondary N) is 1. The van der Waals surface area contributed by atoms with Crippen molar-refractivity contribution >= 4 is 17.5 Å². The lowest BCUT2D eigenvalue weighted by Gasteiger charge is -2.29. The van der Waals surface area contributed by atoms with Gasteiger partial charge in [0, 0.05) is 43.2 Å². The molecule has 0 bridgehead atoms. The summed E-state index contributed by atoms with van der Waals surface area (Å²) in [6.07, 6.45) is 6.77. The predicted molar refractivity (Wildman–Crippen MR) is 154 cm³/mol. The Bertz CT molecular complexity index is 1080. The van der Waals surface area contributed by atoms with E-state index in [1.807, 2.05) is 43.0 Å². The van der Waals surface area contributed by atoms with Crippen molar-refractivity contribution in [3.05, 3.63) is 65.0 Å². The van der Waals surface area contributed by atoms with Crippen molar-refractivity contribution in [3.63, 3.8) is 0 Å². The second-order valence-corrected chi connectivity index (χ2v) is 11.8. The van der Waals surface area contributed by atoms with Crippen LogP contribution in [0.1, 0.15) is 94.6 Å². The first-order chi connectivity index (χ1) is 18.1. The summed E-state index contributed by atoms with van der Waals surface area (Å²) in [5.41, 5.74) is 2.92. The molecule has 0 fully saturated rings. The summed E-state index contributed by atoms with van der Waals surface area (Å²) in [7, 11) is 0. The van der Waals surface area contributed by atoms with Crippen molar-refractivity contribution < 1.29 is 14.0 Å². The summed E-state index contributed by atoms with van der Waals surface area (Å²) >= 11 is 0. The number of fused-ring (bicyclic) bond motifs is 1. The third-order valence-corrected chi connectivity index (χ3v) is 7.58. The van der Waals surface area contributed by atoms with E-state index in [0.717, 1.165) is 49.2 Å². The molecule has 6 heteroatoms. The van der Waals surface area contributed by atoms with Crippen LogP contribution in [0.4, 0.5) is 10.1 Å². The zero-order valence-corrected chi connectivity index (χ0v) is 24.0. The average Bonchev–Trinajstić information content (AvgIpc) is 2.86. The molecule has 0 aliphatic carbocycles. The maximum atomic E-state index is 13.8. The van der Waals surface area contributed by atoms with Gasteiger partial charge in [-0.2, -0.15) is 0 Å². The molecule has 1 heterocycles. The van der Waals surface area contributed by atoms with E-state index in [4.69, 9.17) is 0 Å². The van der Waals surface area contributed by atoms with E-state index in [-0.39, 0.29) is 17.6 Å². The number of hydrogen-bond acceptors (Lipinski definition) is 3. The Balaban J connectivity index is 1.87. The SMILES string of the molecule is CC(=O)N1CCCCCCCN(CCC(C)C)Cc2cc(C(=O)NCC(C)(C)c3cccc(F)c3)ccc21. The summed E-state index contributed by atoms with van der Waals surface area (Å²) in [4.78, 5) is 30.3. The lowest BCUT2D eigenvalue weighted by atomic mass is 9.84. The Morgan fingerprint density at radius 1 is 1.00 bits per heavy atom. The fourth-order valence-electron chi connectivity index (χ4n) is 5.07. The highest BCUT2D eigenvalue weighted by atomic mass is 19.1. The summed E-state index contributed by atoms with van der Waals surface area (Å²) in [6.45, 7) is 13.9. The van der Waals surface area contributed by atoms with Gasteiger partial charge in [0.15, 0.2) is 0 Å². The molecule has 2 aromatic rings. The first-order valence-electron chi connectivity index (χ1n) is 14.2. The largest absolute Gasteiger partial charge is 0.351 e. The number of halogens is 1. The number of carbonyl (C=O) groups excluding carboxylic acids is 2. The minimum atomic E-state index is -0.423. The standard InChI is InChI=1S/C32H46FN3O2/c1-24(2)16-19-35-17-9-7-6-8-10-18-36(25(3)37)30-15-14-26(20-27(30)22-35)31(38)34-23-32(4,5)28-12-11-13-29(33)21-28/h11-15,20-21,24H,6-10,16-19,22-23H2,1-5H3,(H,34,38). The van der Waals surface area contributed by atoms with Gasteiger partial charge in [-0.15, -0.1) is 0 Å². The van der Waals surface area contributed by atoms with Crippen LogP contribution in [0.15, 0.2) is 42.5 Å². The first kappa shape index (κ1) is 29.8. The van der Waals surface area contributed by atoms with Gasteiger partial charge in [0.2, 0.25) is 5.91 Å². The maximum Gasteiger partial charge on any atom is 0.251 e. The molecular weight excluding hydrogens is 477 g/mol. The third kappa shape index (κ3) is 8.65. The topological polar surface area (TPSA) is 52.7 Å². The first-order valence-corrected chi connectivity index (χ1v) is 14.2. The average molecular weight is 524 g/mol. The van der Waals surface area contributed by atoms with Crippen LogP contribution < -0.4 is 10.2 Å². The van der Waals surface area contributed by atoms with Crippen molar-refractivity contribution in [3.8, 4) is 0 Å². The van der Waals surface area contributed by atoms with E-state index in [9.17, 15) is 14.0 Å². The lowest BCUT2D eigenvalue weighted by molar-refractivity contribution is -0.116. The Morgan fingerprint density at radius 3 is 2.39 bits per heavy atom. The van der Waals surface area contributed by atoms with Gasteiger partial charge in [-0.25, -0.2) is 4.39 Å². The van der Waals surface area contributed by atoms with Gasteiger partial charge in [0.25, 0.3) is 5.91 Å². The number of hydrogen-bond donors (Lipinski definition) is 1. The molecule has 2 aromatic carbocycles. The van der Waals surface area contributed by atoms with E-state index < -0.39 is 5.41 Å². The zero-order chi connectivity index (χ0) is 27.7. The number of amides is 2. The fraction of sp³-hybridized carbons (Fsp3) is 0.562. The van der Waals surface area contributed by atoms with Crippen LogP contribution in [-0.2, 0) is 16.8 Å². The molecule has 2 amide bonds. The molecule has 0 saturated heterocycles. The normalized spacial score (nSPS) is 15.9. The Morgan fingerprint density at radius 2 is 1.71 bits per heavy atom. The summed E-state index contributed by atoms with van der Waals surface area (Å²) in [5.74, 6) is 0.208. The van der Waals surface area contributed by atoms with Crippen LogP contribution in [0.2, 0.25) is 0 Å². The molecule has 0 unspecified atom stereocenters. The summed E-state index contributed by atoms with van der Waals surface area (Å²) in [5, 5.41) is 3.06. The van der Waals surface area contributed by atoms with E-state index in [0.29, 0.717) is 31.1 Å². The smallest absolute Gasteiger partial charge is 0.251 e. The minimum Gasteiger partial charge on any atom is -0.351 e. The molecule has 0 saturated carbocycles. The van der Waals surface area contributed by atoms with Crippen molar-refractivity contribution in [2.24, 2.45) is 5.92 Å². The van der Waals surface area contributed by atoms with E-state index in [1.54, 1.807) is 13.0 Å². The summed E-state index contributed by atoms with van der Waals surface area (Å²) in [6, 6.07) is 12.3. The van der Waals surface area contributed by atoms with Crippen molar-refractivity contribution in [2.45, 2.75) is 85.1 Å². The predicted octanol–water partition coefficient (Wildman–Crippen LogP) is 6.70. The Hall–Kier alpha value is -2.73. The van der Waals surface area contributed by atoms with Gasteiger partial charge in [-0.1, -0.05) is 59.1 Å². The third-order valence-electron chi connectivity index (χ3n) is 7.58. The van der Waals surface area contributed by atoms with Crippen LogP contribution in [-0.4, -0.2) is 42.9 Å². The maximum absolute atomic E-state index is 13.8. The second kappa shape index (κ2) is 13.9. The number of nitrogens with zero attached hydrogens (tertiary/aromatic N) is 2. The molecule has 0 spiro atoms. The van der Waals surface area contributed by atoms with Gasteiger partial charge < -0.3 is 10.2 Å². The van der Waals surface area contributed by atoms with Crippen molar-refractivity contribution in [1.82, 2.24) is 10.2 Å². The molecule has 0 radical (unpaired) electrons. The van der Waals surface area contributed by atoms with Crippen LogP contribution in [0.3, 0.4) is 0 Å². The summed E-state index contributed by atoms with van der Waals surface area (Å²) < 4.78 is 13.8. The number of carbonyl (C=O) groups is 2. The Kier molecular flexibility index (Phi) is 10.9. The van der Waals surface area contributed by atoms with E-state index in [1.165, 1.54) is 31.4 Å². The van der Waals surface area contributed by atoms with Gasteiger partial charge >= 0.3 is 0 Å². The van der Waals surface area contributed by atoms with Gasteiger partial charge in [0.05, 0.1) is 0 Å². The highest BCUT2D eigenvalue weighted by Crippen LogP contribution is 2.27. The second-order valence-electron chi connectivity index (χ2n) is 11.8.